The first kappa shape index (κ1) is 12.9. The summed E-state index contributed by atoms with van der Waals surface area (Å²) in [7, 11) is 0. The molecule has 1 aromatic carbocycles. The van der Waals surface area contributed by atoms with Crippen LogP contribution < -0.4 is 5.73 Å². The van der Waals surface area contributed by atoms with E-state index in [9.17, 15) is 0 Å². The molecule has 100 valence electrons. The van der Waals surface area contributed by atoms with E-state index < -0.39 is 0 Å². The zero-order chi connectivity index (χ0) is 13.1. The summed E-state index contributed by atoms with van der Waals surface area (Å²) in [6.07, 6.45) is 7.54. The molecule has 2 heterocycles. The molecule has 1 fully saturated rings. The van der Waals surface area contributed by atoms with Crippen molar-refractivity contribution in [1.29, 1.82) is 0 Å². The van der Waals surface area contributed by atoms with E-state index in [4.69, 9.17) is 5.73 Å². The summed E-state index contributed by atoms with van der Waals surface area (Å²) in [5.41, 5.74) is 7.71. The van der Waals surface area contributed by atoms with Crippen LogP contribution in [0.3, 0.4) is 0 Å². The molecule has 3 rings (SSSR count). The second-order valence-electron chi connectivity index (χ2n) is 5.34. The minimum absolute atomic E-state index is 0.140. The molecule has 0 saturated carbocycles. The number of fused-ring (bicyclic) bond motifs is 1. The van der Waals surface area contributed by atoms with Crippen LogP contribution in [-0.4, -0.2) is 16.5 Å². The number of hydrogen-bond acceptors (Lipinski definition) is 3. The predicted molar refractivity (Wildman–Crippen MR) is 83.3 cm³/mol. The van der Waals surface area contributed by atoms with Crippen molar-refractivity contribution in [3.8, 4) is 0 Å². The first-order valence-corrected chi connectivity index (χ1v) is 8.16. The summed E-state index contributed by atoms with van der Waals surface area (Å²) >= 11 is 2.07. The van der Waals surface area contributed by atoms with Gasteiger partial charge in [0.2, 0.25) is 0 Å². The van der Waals surface area contributed by atoms with Crippen molar-refractivity contribution in [1.82, 2.24) is 4.98 Å². The summed E-state index contributed by atoms with van der Waals surface area (Å²) in [6, 6.07) is 8.59. The predicted octanol–water partition coefficient (Wildman–Crippen LogP) is 3.77. The van der Waals surface area contributed by atoms with Crippen molar-refractivity contribution in [3.63, 3.8) is 0 Å². The number of thioether (sulfide) groups is 1. The van der Waals surface area contributed by atoms with Gasteiger partial charge in [-0.25, -0.2) is 0 Å². The first-order chi connectivity index (χ1) is 9.34. The van der Waals surface area contributed by atoms with Gasteiger partial charge in [0.1, 0.15) is 0 Å². The standard InChI is InChI=1S/C16H20N2S/c17-16(10-12-5-8-19-9-6-12)14-3-1-2-13-4-7-18-11-15(13)14/h1-4,7,11-12,16H,5-6,8-10,17H2. The number of nitrogens with zero attached hydrogens (tertiary/aromatic N) is 1. The molecule has 0 amide bonds. The summed E-state index contributed by atoms with van der Waals surface area (Å²) in [6.45, 7) is 0. The summed E-state index contributed by atoms with van der Waals surface area (Å²) in [5, 5.41) is 2.45. The van der Waals surface area contributed by atoms with Crippen LogP contribution in [0.15, 0.2) is 36.7 Å². The molecule has 1 unspecified atom stereocenters. The molecule has 3 heteroatoms. The monoisotopic (exact) mass is 272 g/mol. The SMILES string of the molecule is NC(CC1CCSCC1)c1cccc2ccncc12. The Kier molecular flexibility index (Phi) is 4.04. The van der Waals surface area contributed by atoms with Crippen molar-refractivity contribution in [3.05, 3.63) is 42.2 Å². The molecule has 0 aliphatic carbocycles. The van der Waals surface area contributed by atoms with Gasteiger partial charge in [0, 0.05) is 23.8 Å². The lowest BCUT2D eigenvalue weighted by atomic mass is 9.89. The van der Waals surface area contributed by atoms with Crippen LogP contribution in [0.25, 0.3) is 10.8 Å². The van der Waals surface area contributed by atoms with Gasteiger partial charge in [-0.05, 0) is 53.7 Å². The zero-order valence-corrected chi connectivity index (χ0v) is 11.9. The van der Waals surface area contributed by atoms with E-state index in [1.54, 1.807) is 0 Å². The van der Waals surface area contributed by atoms with Crippen LogP contribution in [0.1, 0.15) is 30.9 Å². The van der Waals surface area contributed by atoms with E-state index >= 15 is 0 Å². The minimum Gasteiger partial charge on any atom is -0.324 e. The van der Waals surface area contributed by atoms with Crippen LogP contribution in [0.5, 0.6) is 0 Å². The van der Waals surface area contributed by atoms with Gasteiger partial charge < -0.3 is 5.73 Å². The molecule has 1 aliphatic rings. The van der Waals surface area contributed by atoms with E-state index in [2.05, 4.69) is 41.0 Å². The maximum absolute atomic E-state index is 6.46. The average Bonchev–Trinajstić information content (AvgIpc) is 2.47. The highest BCUT2D eigenvalue weighted by atomic mass is 32.2. The lowest BCUT2D eigenvalue weighted by molar-refractivity contribution is 0.414. The molecule has 0 radical (unpaired) electrons. The smallest absolute Gasteiger partial charge is 0.0349 e. The number of nitrogens with two attached hydrogens (primary N) is 1. The molecule has 1 atom stereocenters. The maximum Gasteiger partial charge on any atom is 0.0349 e. The van der Waals surface area contributed by atoms with E-state index in [-0.39, 0.29) is 6.04 Å². The molecule has 1 aromatic heterocycles. The molecule has 2 nitrogen and oxygen atoms in total. The van der Waals surface area contributed by atoms with Crippen LogP contribution in [0.2, 0.25) is 0 Å². The van der Waals surface area contributed by atoms with Crippen molar-refractivity contribution in [2.24, 2.45) is 11.7 Å². The second kappa shape index (κ2) is 5.93. The molecule has 1 aliphatic heterocycles. The normalized spacial score (nSPS) is 18.6. The van der Waals surface area contributed by atoms with Gasteiger partial charge >= 0.3 is 0 Å². The zero-order valence-electron chi connectivity index (χ0n) is 11.1. The third-order valence-electron chi connectivity index (χ3n) is 4.04. The van der Waals surface area contributed by atoms with Gasteiger partial charge in [-0.2, -0.15) is 11.8 Å². The Labute approximate surface area is 118 Å². The summed E-state index contributed by atoms with van der Waals surface area (Å²) in [5.74, 6) is 3.39. The Morgan fingerprint density at radius 2 is 2.11 bits per heavy atom. The topological polar surface area (TPSA) is 38.9 Å². The van der Waals surface area contributed by atoms with Crippen molar-refractivity contribution < 1.29 is 0 Å². The summed E-state index contributed by atoms with van der Waals surface area (Å²) < 4.78 is 0. The quantitative estimate of drug-likeness (QED) is 0.924. The van der Waals surface area contributed by atoms with Crippen molar-refractivity contribution in [2.45, 2.75) is 25.3 Å². The third kappa shape index (κ3) is 2.93. The van der Waals surface area contributed by atoms with Gasteiger partial charge in [-0.15, -0.1) is 0 Å². The fraction of sp³-hybridized carbons (Fsp3) is 0.438. The van der Waals surface area contributed by atoms with Crippen LogP contribution in [0.4, 0.5) is 0 Å². The molecule has 2 N–H and O–H groups in total. The third-order valence-corrected chi connectivity index (χ3v) is 5.09. The van der Waals surface area contributed by atoms with E-state index in [0.717, 1.165) is 12.3 Å². The number of pyridine rings is 1. The number of rotatable bonds is 3. The molecular weight excluding hydrogens is 252 g/mol. The highest BCUT2D eigenvalue weighted by Crippen LogP contribution is 2.32. The molecule has 0 spiro atoms. The summed E-state index contributed by atoms with van der Waals surface area (Å²) in [4.78, 5) is 4.24. The Morgan fingerprint density at radius 1 is 1.26 bits per heavy atom. The molecule has 19 heavy (non-hydrogen) atoms. The molecule has 2 aromatic rings. The molecule has 0 bridgehead atoms. The van der Waals surface area contributed by atoms with E-state index in [1.807, 2.05) is 12.4 Å². The number of aromatic nitrogens is 1. The Bertz CT molecular complexity index is 544. The number of hydrogen-bond donors (Lipinski definition) is 1. The Balaban J connectivity index is 1.82. The maximum atomic E-state index is 6.46. The van der Waals surface area contributed by atoms with Crippen LogP contribution in [-0.2, 0) is 0 Å². The Hall–Kier alpha value is -1.06. The van der Waals surface area contributed by atoms with Gasteiger partial charge in [-0.3, -0.25) is 4.98 Å². The molecular formula is C16H20N2S. The Morgan fingerprint density at radius 3 is 2.95 bits per heavy atom. The fourth-order valence-corrected chi connectivity index (χ4v) is 4.13. The highest BCUT2D eigenvalue weighted by Gasteiger charge is 2.19. The first-order valence-electron chi connectivity index (χ1n) is 7.00. The van der Waals surface area contributed by atoms with Gasteiger partial charge in [0.15, 0.2) is 0 Å². The van der Waals surface area contributed by atoms with E-state index in [0.29, 0.717) is 0 Å². The lowest BCUT2D eigenvalue weighted by Gasteiger charge is -2.25. The van der Waals surface area contributed by atoms with Crippen molar-refractivity contribution in [2.75, 3.05) is 11.5 Å². The average molecular weight is 272 g/mol. The lowest BCUT2D eigenvalue weighted by Crippen LogP contribution is -2.19. The highest BCUT2D eigenvalue weighted by molar-refractivity contribution is 7.99. The number of benzene rings is 1. The second-order valence-corrected chi connectivity index (χ2v) is 6.57. The van der Waals surface area contributed by atoms with Crippen LogP contribution in [0, 0.1) is 5.92 Å². The largest absolute Gasteiger partial charge is 0.324 e. The van der Waals surface area contributed by atoms with Gasteiger partial charge in [-0.1, -0.05) is 18.2 Å². The van der Waals surface area contributed by atoms with Crippen molar-refractivity contribution >= 4 is 22.5 Å². The van der Waals surface area contributed by atoms with Crippen LogP contribution >= 0.6 is 11.8 Å². The van der Waals surface area contributed by atoms with Gasteiger partial charge in [0.05, 0.1) is 0 Å². The van der Waals surface area contributed by atoms with E-state index in [1.165, 1.54) is 40.7 Å². The fourth-order valence-electron chi connectivity index (χ4n) is 2.93. The molecule has 1 saturated heterocycles. The van der Waals surface area contributed by atoms with Gasteiger partial charge in [0.25, 0.3) is 0 Å². The minimum atomic E-state index is 0.140.